The molecule has 5 rings (SSSR count). The third-order valence-corrected chi connectivity index (χ3v) is 8.96. The minimum atomic E-state index is -0.970. The number of thioether (sulfide) groups is 1. The van der Waals surface area contributed by atoms with Gasteiger partial charge in [0.15, 0.2) is 4.34 Å². The maximum absolute atomic E-state index is 13.4. The van der Waals surface area contributed by atoms with Crippen molar-refractivity contribution in [2.45, 2.75) is 30.0 Å². The van der Waals surface area contributed by atoms with Crippen LogP contribution in [-0.2, 0) is 15.3 Å². The molecular formula is C28H21Cl2N3O4S2. The Morgan fingerprint density at radius 2 is 1.77 bits per heavy atom. The second-order valence-electron chi connectivity index (χ2n) is 8.95. The van der Waals surface area contributed by atoms with E-state index in [9.17, 15) is 19.8 Å². The molecule has 2 N–H and O–H groups in total. The molecule has 39 heavy (non-hydrogen) atoms. The van der Waals surface area contributed by atoms with Crippen molar-refractivity contribution in [2.75, 3.05) is 4.90 Å². The number of aryl methyl sites for hydroxylation is 2. The predicted molar refractivity (Wildman–Crippen MR) is 155 cm³/mol. The lowest BCUT2D eigenvalue weighted by Crippen LogP contribution is -2.29. The number of aromatic hydroxyl groups is 1. The summed E-state index contributed by atoms with van der Waals surface area (Å²) in [4.78, 5) is 28.1. The van der Waals surface area contributed by atoms with E-state index in [4.69, 9.17) is 23.2 Å². The Labute approximate surface area is 242 Å². The minimum absolute atomic E-state index is 0.0284. The summed E-state index contributed by atoms with van der Waals surface area (Å²) >= 11 is 14.8. The molecule has 2 heterocycles. The third-order valence-electron chi connectivity index (χ3n) is 6.27. The molecule has 0 bridgehead atoms. The molecule has 1 fully saturated rings. The normalized spacial score (nSPS) is 16.7. The Balaban J connectivity index is 1.55. The smallest absolute Gasteiger partial charge is 0.301 e. The quantitative estimate of drug-likeness (QED) is 0.0803. The molecule has 1 aromatic heterocycles. The molecular weight excluding hydrogens is 577 g/mol. The number of nitrogens with zero attached hydrogens (tertiary/aromatic N) is 3. The standard InChI is InChI=1S/C28H21Cl2N3O4S2/c1-14-3-4-15(2)20(11-14)24(35)22-23(16-6-9-19(34)10-7-16)33(26(37)25(22)36)27-31-32-28(39-27)38-13-17-5-8-18(29)12-21(17)30/h3-12,23,34-35H,13H2,1-2H3/b24-22+. The molecule has 3 aromatic carbocycles. The topological polar surface area (TPSA) is 104 Å². The molecule has 1 aliphatic heterocycles. The van der Waals surface area contributed by atoms with Crippen molar-refractivity contribution in [2.24, 2.45) is 0 Å². The van der Waals surface area contributed by atoms with E-state index in [2.05, 4.69) is 10.2 Å². The van der Waals surface area contributed by atoms with Gasteiger partial charge in [0.2, 0.25) is 5.13 Å². The number of phenols is 1. The number of aliphatic hydroxyl groups excluding tert-OH is 1. The van der Waals surface area contributed by atoms with E-state index in [-0.39, 0.29) is 22.2 Å². The number of ketones is 1. The zero-order valence-corrected chi connectivity index (χ0v) is 23.8. The maximum atomic E-state index is 13.4. The highest BCUT2D eigenvalue weighted by Gasteiger charge is 2.48. The number of phenolic OH excluding ortho intramolecular Hbond substituents is 1. The molecule has 198 valence electrons. The summed E-state index contributed by atoms with van der Waals surface area (Å²) in [6.45, 7) is 3.70. The Kier molecular flexibility index (Phi) is 7.68. The highest BCUT2D eigenvalue weighted by atomic mass is 35.5. The fraction of sp³-hybridized carbons (Fsp3) is 0.143. The van der Waals surface area contributed by atoms with E-state index in [1.54, 1.807) is 30.3 Å². The summed E-state index contributed by atoms with van der Waals surface area (Å²) in [6, 6.07) is 15.9. The van der Waals surface area contributed by atoms with Crippen molar-refractivity contribution in [3.05, 3.63) is 104 Å². The highest BCUT2D eigenvalue weighted by molar-refractivity contribution is 8.00. The van der Waals surface area contributed by atoms with E-state index < -0.39 is 17.7 Å². The molecule has 0 aliphatic carbocycles. The van der Waals surface area contributed by atoms with Gasteiger partial charge in [0.05, 0.1) is 11.6 Å². The van der Waals surface area contributed by atoms with E-state index in [0.29, 0.717) is 31.3 Å². The van der Waals surface area contributed by atoms with Crippen molar-refractivity contribution in [3.63, 3.8) is 0 Å². The lowest BCUT2D eigenvalue weighted by atomic mass is 9.93. The Morgan fingerprint density at radius 3 is 2.49 bits per heavy atom. The van der Waals surface area contributed by atoms with Crippen LogP contribution in [0.25, 0.3) is 5.76 Å². The largest absolute Gasteiger partial charge is 0.508 e. The molecule has 7 nitrogen and oxygen atoms in total. The summed E-state index contributed by atoms with van der Waals surface area (Å²) in [7, 11) is 0. The maximum Gasteiger partial charge on any atom is 0.301 e. The first-order valence-corrected chi connectivity index (χ1v) is 14.3. The second-order valence-corrected chi connectivity index (χ2v) is 12.0. The number of anilines is 1. The number of aromatic nitrogens is 2. The fourth-order valence-electron chi connectivity index (χ4n) is 4.27. The van der Waals surface area contributed by atoms with Crippen LogP contribution in [0.1, 0.15) is 33.9 Å². The van der Waals surface area contributed by atoms with Crippen LogP contribution in [0, 0.1) is 13.8 Å². The van der Waals surface area contributed by atoms with Crippen LogP contribution in [0.5, 0.6) is 5.75 Å². The van der Waals surface area contributed by atoms with E-state index in [0.717, 1.165) is 28.0 Å². The molecule has 1 unspecified atom stereocenters. The number of Topliss-reactive ketones (excluding diaryl/α,β-unsaturated/α-hetero) is 1. The van der Waals surface area contributed by atoms with Crippen LogP contribution in [0.3, 0.4) is 0 Å². The lowest BCUT2D eigenvalue weighted by molar-refractivity contribution is -0.132. The lowest BCUT2D eigenvalue weighted by Gasteiger charge is -2.22. The molecule has 1 atom stereocenters. The first-order valence-electron chi connectivity index (χ1n) is 11.7. The number of benzene rings is 3. The van der Waals surface area contributed by atoms with Gasteiger partial charge < -0.3 is 10.2 Å². The summed E-state index contributed by atoms with van der Waals surface area (Å²) in [5, 5.41) is 31.0. The molecule has 1 saturated heterocycles. The van der Waals surface area contributed by atoms with Gasteiger partial charge >= 0.3 is 5.91 Å². The van der Waals surface area contributed by atoms with E-state index in [1.807, 2.05) is 32.0 Å². The Hall–Kier alpha value is -3.37. The average molecular weight is 599 g/mol. The summed E-state index contributed by atoms with van der Waals surface area (Å²) in [5.41, 5.74) is 3.44. The van der Waals surface area contributed by atoms with Crippen LogP contribution in [0.15, 0.2) is 70.6 Å². The number of halogens is 2. The van der Waals surface area contributed by atoms with Crippen molar-refractivity contribution >= 4 is 68.9 Å². The van der Waals surface area contributed by atoms with E-state index >= 15 is 0 Å². The Bertz CT molecular complexity index is 1640. The summed E-state index contributed by atoms with van der Waals surface area (Å²) in [5.74, 6) is -1.40. The van der Waals surface area contributed by atoms with Gasteiger partial charge in [0.1, 0.15) is 11.5 Å². The number of hydrogen-bond acceptors (Lipinski definition) is 8. The molecule has 1 amide bonds. The Morgan fingerprint density at radius 1 is 1.03 bits per heavy atom. The van der Waals surface area contributed by atoms with Crippen LogP contribution in [0.2, 0.25) is 10.0 Å². The van der Waals surface area contributed by atoms with Gasteiger partial charge in [-0.1, -0.05) is 82.2 Å². The van der Waals surface area contributed by atoms with Gasteiger partial charge in [0.25, 0.3) is 5.78 Å². The van der Waals surface area contributed by atoms with Gasteiger partial charge in [-0.15, -0.1) is 10.2 Å². The minimum Gasteiger partial charge on any atom is -0.508 e. The highest BCUT2D eigenvalue weighted by Crippen LogP contribution is 2.44. The van der Waals surface area contributed by atoms with Crippen molar-refractivity contribution in [3.8, 4) is 5.75 Å². The van der Waals surface area contributed by atoms with Gasteiger partial charge in [-0.05, 0) is 60.9 Å². The summed E-state index contributed by atoms with van der Waals surface area (Å²) in [6.07, 6.45) is 0. The summed E-state index contributed by atoms with van der Waals surface area (Å²) < 4.78 is 0.567. The van der Waals surface area contributed by atoms with Crippen molar-refractivity contribution in [1.29, 1.82) is 0 Å². The zero-order chi connectivity index (χ0) is 27.8. The first kappa shape index (κ1) is 27.2. The van der Waals surface area contributed by atoms with Gasteiger partial charge in [0, 0.05) is 21.4 Å². The van der Waals surface area contributed by atoms with E-state index in [1.165, 1.54) is 28.8 Å². The molecule has 11 heteroatoms. The molecule has 1 aliphatic rings. The van der Waals surface area contributed by atoms with Crippen LogP contribution in [-0.4, -0.2) is 32.1 Å². The number of aliphatic hydroxyl groups is 1. The number of carbonyl (C=O) groups is 2. The monoisotopic (exact) mass is 597 g/mol. The van der Waals surface area contributed by atoms with Crippen LogP contribution < -0.4 is 4.90 Å². The first-order chi connectivity index (χ1) is 18.6. The van der Waals surface area contributed by atoms with Gasteiger partial charge in [-0.2, -0.15) is 0 Å². The van der Waals surface area contributed by atoms with Crippen molar-refractivity contribution < 1.29 is 19.8 Å². The van der Waals surface area contributed by atoms with Crippen LogP contribution in [0.4, 0.5) is 5.13 Å². The molecule has 0 saturated carbocycles. The molecule has 0 radical (unpaired) electrons. The van der Waals surface area contributed by atoms with Crippen molar-refractivity contribution in [1.82, 2.24) is 10.2 Å². The van der Waals surface area contributed by atoms with Gasteiger partial charge in [-0.25, -0.2) is 0 Å². The van der Waals surface area contributed by atoms with Gasteiger partial charge in [-0.3, -0.25) is 14.5 Å². The zero-order valence-electron chi connectivity index (χ0n) is 20.7. The fourth-order valence-corrected chi connectivity index (χ4v) is 6.70. The second kappa shape index (κ2) is 11.0. The average Bonchev–Trinajstić information content (AvgIpc) is 3.47. The number of amides is 1. The molecule has 0 spiro atoms. The number of rotatable bonds is 6. The number of carbonyl (C=O) groups excluding carboxylic acids is 2. The number of hydrogen-bond donors (Lipinski definition) is 2. The predicted octanol–water partition coefficient (Wildman–Crippen LogP) is 7.09. The van der Waals surface area contributed by atoms with Crippen LogP contribution >= 0.6 is 46.3 Å². The third kappa shape index (κ3) is 5.40. The molecule has 4 aromatic rings. The SMILES string of the molecule is Cc1ccc(C)c(/C(O)=C2\C(=O)C(=O)N(c3nnc(SCc4ccc(Cl)cc4Cl)s3)C2c2ccc(O)cc2)c1.